The van der Waals surface area contributed by atoms with Crippen LogP contribution in [0.5, 0.6) is 0 Å². The molecule has 1 aliphatic rings. The van der Waals surface area contributed by atoms with Crippen molar-refractivity contribution in [3.8, 4) is 6.07 Å². The van der Waals surface area contributed by atoms with Crippen LogP contribution in [0.25, 0.3) is 6.08 Å². The van der Waals surface area contributed by atoms with Gasteiger partial charge >= 0.3 is 0 Å². The van der Waals surface area contributed by atoms with Crippen molar-refractivity contribution in [1.29, 1.82) is 5.26 Å². The summed E-state index contributed by atoms with van der Waals surface area (Å²) in [5, 5.41) is 22.9. The van der Waals surface area contributed by atoms with Gasteiger partial charge in [0, 0.05) is 24.8 Å². The normalized spacial score (nSPS) is 15.1. The van der Waals surface area contributed by atoms with E-state index in [0.717, 1.165) is 25.3 Å². The topological polar surface area (TPSA) is 133 Å². The molecule has 1 aliphatic heterocycles. The molecule has 0 spiro atoms. The Hall–Kier alpha value is -3.26. The van der Waals surface area contributed by atoms with Gasteiger partial charge in [-0.15, -0.1) is 0 Å². The number of rotatable bonds is 6. The first-order chi connectivity index (χ1) is 15.2. The van der Waals surface area contributed by atoms with E-state index in [9.17, 15) is 28.6 Å². The zero-order chi connectivity index (χ0) is 23.3. The first kappa shape index (κ1) is 23.4. The van der Waals surface area contributed by atoms with Crippen LogP contribution in [-0.2, 0) is 14.8 Å². The van der Waals surface area contributed by atoms with E-state index in [1.807, 2.05) is 0 Å². The van der Waals surface area contributed by atoms with Gasteiger partial charge in [-0.3, -0.25) is 14.9 Å². The Kier molecular flexibility index (Phi) is 7.25. The Bertz CT molecular complexity index is 1230. The monoisotopic (exact) mass is 474 g/mol. The second kappa shape index (κ2) is 9.91. The number of carbonyl (C=O) groups is 1. The largest absolute Gasteiger partial charge is 0.321 e. The number of hydrogen-bond acceptors (Lipinski definition) is 6. The van der Waals surface area contributed by atoms with E-state index in [1.54, 1.807) is 6.07 Å². The van der Waals surface area contributed by atoms with Gasteiger partial charge < -0.3 is 5.32 Å². The number of nitriles is 1. The Balaban J connectivity index is 1.82. The molecule has 9 nitrogen and oxygen atoms in total. The van der Waals surface area contributed by atoms with Crippen molar-refractivity contribution >= 4 is 45.0 Å². The highest BCUT2D eigenvalue weighted by molar-refractivity contribution is 7.89. The first-order valence-corrected chi connectivity index (χ1v) is 11.5. The van der Waals surface area contributed by atoms with E-state index in [4.69, 9.17) is 11.6 Å². The van der Waals surface area contributed by atoms with Gasteiger partial charge in [-0.25, -0.2) is 8.42 Å². The predicted molar refractivity (Wildman–Crippen MR) is 119 cm³/mol. The van der Waals surface area contributed by atoms with Crippen molar-refractivity contribution in [3.05, 3.63) is 68.7 Å². The van der Waals surface area contributed by atoms with Gasteiger partial charge in [0.25, 0.3) is 11.6 Å². The minimum Gasteiger partial charge on any atom is -0.321 e. The molecule has 0 radical (unpaired) electrons. The maximum atomic E-state index is 12.9. The van der Waals surface area contributed by atoms with E-state index in [-0.39, 0.29) is 32.4 Å². The summed E-state index contributed by atoms with van der Waals surface area (Å²) in [6.45, 7) is 0.904. The average molecular weight is 475 g/mol. The number of benzene rings is 2. The molecule has 3 rings (SSSR count). The molecular formula is C21H19ClN4O5S. The summed E-state index contributed by atoms with van der Waals surface area (Å²) in [5.74, 6) is -0.780. The third-order valence-corrected chi connectivity index (χ3v) is 7.10. The molecule has 0 saturated carbocycles. The number of nitrogens with one attached hydrogen (secondary N) is 1. The number of hydrogen-bond donors (Lipinski definition) is 1. The van der Waals surface area contributed by atoms with Crippen molar-refractivity contribution in [2.24, 2.45) is 0 Å². The van der Waals surface area contributed by atoms with Crippen molar-refractivity contribution in [2.75, 3.05) is 18.4 Å². The van der Waals surface area contributed by atoms with E-state index < -0.39 is 20.9 Å². The SMILES string of the molecule is N#C/C(=C\c1ccc(Cl)c([N+](=O)[O-])c1)C(=O)Nc1cccc(S(=O)(=O)N2CCCCC2)c1. The maximum Gasteiger partial charge on any atom is 0.288 e. The van der Waals surface area contributed by atoms with Crippen molar-refractivity contribution in [3.63, 3.8) is 0 Å². The molecule has 2 aromatic rings. The minimum atomic E-state index is -3.69. The minimum absolute atomic E-state index is 0.0491. The highest BCUT2D eigenvalue weighted by Gasteiger charge is 2.26. The molecule has 11 heteroatoms. The number of halogens is 1. The van der Waals surface area contributed by atoms with Crippen LogP contribution in [0, 0.1) is 21.4 Å². The molecule has 0 aromatic heterocycles. The van der Waals surface area contributed by atoms with Crippen LogP contribution >= 0.6 is 11.6 Å². The summed E-state index contributed by atoms with van der Waals surface area (Å²) >= 11 is 5.78. The highest BCUT2D eigenvalue weighted by Crippen LogP contribution is 2.27. The molecule has 1 fully saturated rings. The lowest BCUT2D eigenvalue weighted by Gasteiger charge is -2.26. The third-order valence-electron chi connectivity index (χ3n) is 4.89. The first-order valence-electron chi connectivity index (χ1n) is 9.69. The Labute approximate surface area is 190 Å². The van der Waals surface area contributed by atoms with Crippen LogP contribution in [0.1, 0.15) is 24.8 Å². The van der Waals surface area contributed by atoms with Crippen LogP contribution in [0.3, 0.4) is 0 Å². The van der Waals surface area contributed by atoms with Crippen LogP contribution < -0.4 is 5.32 Å². The molecule has 2 aromatic carbocycles. The molecule has 0 unspecified atom stereocenters. The number of sulfonamides is 1. The van der Waals surface area contributed by atoms with Gasteiger partial charge in [0.05, 0.1) is 9.82 Å². The fourth-order valence-electron chi connectivity index (χ4n) is 3.26. The number of nitro groups is 1. The second-order valence-electron chi connectivity index (χ2n) is 7.08. The summed E-state index contributed by atoms with van der Waals surface area (Å²) in [7, 11) is -3.69. The Morgan fingerprint density at radius 2 is 1.91 bits per heavy atom. The fraction of sp³-hybridized carbons (Fsp3) is 0.238. The summed E-state index contributed by atoms with van der Waals surface area (Å²) < 4.78 is 27.1. The molecule has 1 saturated heterocycles. The van der Waals surface area contributed by atoms with Crippen LogP contribution in [0.4, 0.5) is 11.4 Å². The zero-order valence-corrected chi connectivity index (χ0v) is 18.4. The lowest BCUT2D eigenvalue weighted by molar-refractivity contribution is -0.384. The number of carbonyl (C=O) groups excluding carboxylic acids is 1. The molecule has 1 heterocycles. The zero-order valence-electron chi connectivity index (χ0n) is 16.8. The van der Waals surface area contributed by atoms with Gasteiger partial charge in [0.1, 0.15) is 16.7 Å². The van der Waals surface area contributed by atoms with Crippen LogP contribution in [0.2, 0.25) is 5.02 Å². The van der Waals surface area contributed by atoms with E-state index in [2.05, 4.69) is 5.32 Å². The van der Waals surface area contributed by atoms with Crippen molar-refractivity contribution in [2.45, 2.75) is 24.2 Å². The van der Waals surface area contributed by atoms with Gasteiger partial charge in [-0.1, -0.05) is 30.2 Å². The molecule has 1 amide bonds. The summed E-state index contributed by atoms with van der Waals surface area (Å²) in [5.41, 5.74) is -0.217. The second-order valence-corrected chi connectivity index (χ2v) is 9.43. The van der Waals surface area contributed by atoms with Gasteiger partial charge in [0.15, 0.2) is 0 Å². The average Bonchev–Trinajstić information content (AvgIpc) is 2.79. The maximum absolute atomic E-state index is 12.9. The molecule has 0 aliphatic carbocycles. The van der Waals surface area contributed by atoms with E-state index in [1.165, 1.54) is 46.8 Å². The van der Waals surface area contributed by atoms with Gasteiger partial charge in [-0.2, -0.15) is 9.57 Å². The fourth-order valence-corrected chi connectivity index (χ4v) is 5.01. The smallest absolute Gasteiger partial charge is 0.288 e. The Morgan fingerprint density at radius 3 is 2.56 bits per heavy atom. The van der Waals surface area contributed by atoms with Crippen molar-refractivity contribution in [1.82, 2.24) is 4.31 Å². The van der Waals surface area contributed by atoms with Crippen LogP contribution in [-0.4, -0.2) is 36.6 Å². The number of amides is 1. The highest BCUT2D eigenvalue weighted by atomic mass is 35.5. The van der Waals surface area contributed by atoms with Gasteiger partial charge in [-0.05, 0) is 48.7 Å². The van der Waals surface area contributed by atoms with E-state index >= 15 is 0 Å². The summed E-state index contributed by atoms with van der Waals surface area (Å²) in [6.07, 6.45) is 3.78. The molecular weight excluding hydrogens is 456 g/mol. The standard InChI is InChI=1S/C21H19ClN4O5S/c22-19-8-7-15(12-20(19)26(28)29)11-16(14-23)21(27)24-17-5-4-6-18(13-17)32(30,31)25-9-2-1-3-10-25/h4-8,11-13H,1-3,9-10H2,(H,24,27)/b16-11+. The lowest BCUT2D eigenvalue weighted by atomic mass is 10.1. The molecule has 0 atom stereocenters. The predicted octanol–water partition coefficient (Wildman–Crippen LogP) is 3.97. The summed E-state index contributed by atoms with van der Waals surface area (Å²) in [4.78, 5) is 23.0. The van der Waals surface area contributed by atoms with E-state index in [0.29, 0.717) is 13.1 Å². The molecule has 32 heavy (non-hydrogen) atoms. The van der Waals surface area contributed by atoms with Crippen LogP contribution in [0.15, 0.2) is 52.9 Å². The number of nitro benzene ring substituents is 1. The lowest BCUT2D eigenvalue weighted by Crippen LogP contribution is -2.35. The number of anilines is 1. The number of nitrogens with zero attached hydrogens (tertiary/aromatic N) is 3. The molecule has 0 bridgehead atoms. The van der Waals surface area contributed by atoms with Crippen molar-refractivity contribution < 1.29 is 18.1 Å². The summed E-state index contributed by atoms with van der Waals surface area (Å²) in [6, 6.07) is 11.4. The Morgan fingerprint density at radius 1 is 1.19 bits per heavy atom. The molecule has 166 valence electrons. The van der Waals surface area contributed by atoms with Gasteiger partial charge in [0.2, 0.25) is 10.0 Å². The third kappa shape index (κ3) is 5.31. The molecule has 1 N–H and O–H groups in total. The quantitative estimate of drug-likeness (QED) is 0.291. The number of piperidine rings is 1.